The summed E-state index contributed by atoms with van der Waals surface area (Å²) in [7, 11) is 3.65. The number of halogens is 1. The second-order valence-corrected chi connectivity index (χ2v) is 6.81. The van der Waals surface area contributed by atoms with Gasteiger partial charge in [0, 0.05) is 39.3 Å². The first-order chi connectivity index (χ1) is 14.2. The molecule has 0 aliphatic carbocycles. The fraction of sp³-hybridized carbons (Fsp3) is 0.550. The number of benzene rings is 1. The monoisotopic (exact) mass is 530 g/mol. The van der Waals surface area contributed by atoms with E-state index in [1.807, 2.05) is 36.7 Å². The molecule has 2 aromatic rings. The van der Waals surface area contributed by atoms with Crippen LogP contribution in [0.2, 0.25) is 0 Å². The summed E-state index contributed by atoms with van der Waals surface area (Å²) in [5.74, 6) is 3.99. The average molecular weight is 530 g/mol. The highest BCUT2D eigenvalue weighted by molar-refractivity contribution is 14.0. The quantitative estimate of drug-likeness (QED) is 0.234. The van der Waals surface area contributed by atoms with Gasteiger partial charge >= 0.3 is 0 Å². The molecule has 0 unspecified atom stereocenters. The van der Waals surface area contributed by atoms with E-state index in [2.05, 4.69) is 20.8 Å². The first-order valence-corrected chi connectivity index (χ1v) is 9.92. The van der Waals surface area contributed by atoms with Crippen molar-refractivity contribution in [3.05, 3.63) is 35.4 Å². The molecule has 0 radical (unpaired) electrons. The first kappa shape index (κ1) is 24.2. The Balaban J connectivity index is 0.00000320. The number of aliphatic imine (C=N–C) groups is 1. The first-order valence-electron chi connectivity index (χ1n) is 9.92. The van der Waals surface area contributed by atoms with Gasteiger partial charge in [0.2, 0.25) is 0 Å². The molecule has 2 N–H and O–H groups in total. The van der Waals surface area contributed by atoms with Crippen molar-refractivity contribution in [3.8, 4) is 11.5 Å². The van der Waals surface area contributed by atoms with Crippen LogP contribution in [0.15, 0.2) is 23.2 Å². The number of aryl methyl sites for hydroxylation is 1. The number of rotatable bonds is 8. The van der Waals surface area contributed by atoms with Crippen LogP contribution >= 0.6 is 24.0 Å². The van der Waals surface area contributed by atoms with Gasteiger partial charge in [-0.3, -0.25) is 0 Å². The summed E-state index contributed by atoms with van der Waals surface area (Å²) in [6.07, 6.45) is 1.76. The van der Waals surface area contributed by atoms with Crippen molar-refractivity contribution < 1.29 is 14.2 Å². The molecule has 0 saturated carbocycles. The highest BCUT2D eigenvalue weighted by Gasteiger charge is 2.14. The molecule has 1 aliphatic heterocycles. The van der Waals surface area contributed by atoms with Crippen molar-refractivity contribution in [3.63, 3.8) is 0 Å². The van der Waals surface area contributed by atoms with Gasteiger partial charge in [0.25, 0.3) is 0 Å². The number of methoxy groups -OCH3 is 1. The van der Waals surface area contributed by atoms with E-state index in [1.54, 1.807) is 7.11 Å². The largest absolute Gasteiger partial charge is 0.490 e. The van der Waals surface area contributed by atoms with E-state index in [4.69, 9.17) is 19.2 Å². The minimum Gasteiger partial charge on any atom is -0.490 e. The summed E-state index contributed by atoms with van der Waals surface area (Å²) in [5, 5.41) is 15.0. The van der Waals surface area contributed by atoms with E-state index in [9.17, 15) is 0 Å². The lowest BCUT2D eigenvalue weighted by molar-refractivity contribution is 0.195. The van der Waals surface area contributed by atoms with E-state index < -0.39 is 0 Å². The number of aromatic nitrogens is 3. The Morgan fingerprint density at radius 1 is 1.23 bits per heavy atom. The summed E-state index contributed by atoms with van der Waals surface area (Å²) in [6, 6.07) is 5.93. The zero-order valence-electron chi connectivity index (χ0n) is 17.8. The van der Waals surface area contributed by atoms with Gasteiger partial charge < -0.3 is 29.4 Å². The molecule has 2 heterocycles. The maximum absolute atomic E-state index is 5.90. The molecule has 166 valence electrons. The van der Waals surface area contributed by atoms with Crippen LogP contribution in [0.1, 0.15) is 30.1 Å². The van der Waals surface area contributed by atoms with E-state index >= 15 is 0 Å². The number of hydrogen-bond acceptors (Lipinski definition) is 6. The van der Waals surface area contributed by atoms with Crippen LogP contribution in [0.25, 0.3) is 0 Å². The Bertz CT molecular complexity index is 827. The molecule has 1 aliphatic rings. The maximum atomic E-state index is 5.90. The number of guanidine groups is 1. The molecule has 1 aromatic heterocycles. The number of nitrogens with one attached hydrogen (secondary N) is 2. The molecule has 0 fully saturated rings. The molecule has 0 amide bonds. The molecule has 3 rings (SSSR count). The summed E-state index contributed by atoms with van der Waals surface area (Å²) < 4.78 is 18.8. The predicted molar refractivity (Wildman–Crippen MR) is 126 cm³/mol. The smallest absolute Gasteiger partial charge is 0.191 e. The van der Waals surface area contributed by atoms with Crippen molar-refractivity contribution >= 4 is 29.9 Å². The second-order valence-electron chi connectivity index (χ2n) is 6.81. The molecule has 0 saturated heterocycles. The third-order valence-electron chi connectivity index (χ3n) is 4.67. The van der Waals surface area contributed by atoms with E-state index in [0.29, 0.717) is 38.9 Å². The third kappa shape index (κ3) is 6.73. The van der Waals surface area contributed by atoms with Crippen LogP contribution in [0, 0.1) is 6.92 Å². The molecule has 0 atom stereocenters. The highest BCUT2D eigenvalue weighted by atomic mass is 127. The van der Waals surface area contributed by atoms with Crippen molar-refractivity contribution in [2.24, 2.45) is 12.0 Å². The van der Waals surface area contributed by atoms with Crippen LogP contribution < -0.4 is 20.1 Å². The zero-order valence-corrected chi connectivity index (χ0v) is 20.1. The molecule has 0 spiro atoms. The summed E-state index contributed by atoms with van der Waals surface area (Å²) in [5.41, 5.74) is 0.997. The van der Waals surface area contributed by atoms with Gasteiger partial charge in [-0.05, 0) is 19.4 Å². The van der Waals surface area contributed by atoms with Crippen molar-refractivity contribution in [2.45, 2.75) is 32.9 Å². The Labute approximate surface area is 194 Å². The van der Waals surface area contributed by atoms with Gasteiger partial charge in [0.05, 0.1) is 26.3 Å². The number of nitrogens with zero attached hydrogens (tertiary/aromatic N) is 4. The van der Waals surface area contributed by atoms with Crippen molar-refractivity contribution in [1.29, 1.82) is 0 Å². The fourth-order valence-corrected chi connectivity index (χ4v) is 2.91. The van der Waals surface area contributed by atoms with Gasteiger partial charge in [0.15, 0.2) is 23.3 Å². The maximum Gasteiger partial charge on any atom is 0.191 e. The topological polar surface area (TPSA) is 94.8 Å². The van der Waals surface area contributed by atoms with Crippen LogP contribution in [0.4, 0.5) is 0 Å². The van der Waals surface area contributed by atoms with Crippen molar-refractivity contribution in [2.75, 3.05) is 33.5 Å². The molecule has 10 heteroatoms. The lowest BCUT2D eigenvalue weighted by Gasteiger charge is -2.14. The molecule has 30 heavy (non-hydrogen) atoms. The van der Waals surface area contributed by atoms with E-state index in [0.717, 1.165) is 48.1 Å². The van der Waals surface area contributed by atoms with Crippen LogP contribution in [-0.4, -0.2) is 54.2 Å². The summed E-state index contributed by atoms with van der Waals surface area (Å²) >= 11 is 0. The molecule has 0 bridgehead atoms. The van der Waals surface area contributed by atoms with Gasteiger partial charge in [-0.25, -0.2) is 4.99 Å². The van der Waals surface area contributed by atoms with E-state index in [-0.39, 0.29) is 24.0 Å². The second kappa shape index (κ2) is 12.6. The standard InChI is InChI=1S/C20H30N6O3.HI/c1-15-24-25-18(26(15)2)14-23-20(21-9-5-10-27-3)22-13-16-7-4-8-17-19(16)29-12-6-11-28-17;/h4,7-8H,5-6,9-14H2,1-3H3,(H2,21,22,23);1H. The van der Waals surface area contributed by atoms with Crippen LogP contribution in [-0.2, 0) is 24.9 Å². The van der Waals surface area contributed by atoms with Gasteiger partial charge in [-0.15, -0.1) is 34.2 Å². The lowest BCUT2D eigenvalue weighted by Crippen LogP contribution is -2.38. The molecule has 9 nitrogen and oxygen atoms in total. The zero-order chi connectivity index (χ0) is 20.5. The van der Waals surface area contributed by atoms with Crippen molar-refractivity contribution in [1.82, 2.24) is 25.4 Å². The minimum atomic E-state index is 0. The van der Waals surface area contributed by atoms with Crippen LogP contribution in [0.3, 0.4) is 0 Å². The third-order valence-corrected chi connectivity index (χ3v) is 4.67. The van der Waals surface area contributed by atoms with Gasteiger partial charge in [-0.1, -0.05) is 12.1 Å². The highest BCUT2D eigenvalue weighted by Crippen LogP contribution is 2.33. The predicted octanol–water partition coefficient (Wildman–Crippen LogP) is 2.17. The molecular weight excluding hydrogens is 499 g/mol. The van der Waals surface area contributed by atoms with E-state index in [1.165, 1.54) is 0 Å². The Morgan fingerprint density at radius 2 is 2.07 bits per heavy atom. The number of ether oxygens (including phenoxy) is 3. The Kier molecular flexibility index (Phi) is 10.1. The summed E-state index contributed by atoms with van der Waals surface area (Å²) in [4.78, 5) is 4.74. The molecule has 1 aromatic carbocycles. The number of fused-ring (bicyclic) bond motifs is 1. The normalized spacial score (nSPS) is 13.4. The number of hydrogen-bond donors (Lipinski definition) is 2. The summed E-state index contributed by atoms with van der Waals surface area (Å²) in [6.45, 7) is 5.70. The van der Waals surface area contributed by atoms with Crippen LogP contribution in [0.5, 0.6) is 11.5 Å². The minimum absolute atomic E-state index is 0. The SMILES string of the molecule is COCCCNC(=NCc1cccc2c1OCCCO2)NCc1nnc(C)n1C.I. The molecular formula is C20H31IN6O3. The fourth-order valence-electron chi connectivity index (χ4n) is 2.91. The van der Waals surface area contributed by atoms with Gasteiger partial charge in [-0.2, -0.15) is 0 Å². The average Bonchev–Trinajstić information content (AvgIpc) is 2.92. The Morgan fingerprint density at radius 3 is 2.83 bits per heavy atom. The van der Waals surface area contributed by atoms with Gasteiger partial charge in [0.1, 0.15) is 5.82 Å². The number of para-hydroxylation sites is 1. The Hall–Kier alpha value is -2.08. The lowest BCUT2D eigenvalue weighted by atomic mass is 10.2.